The number of hydrogen-bond acceptors (Lipinski definition) is 4. The molecule has 0 atom stereocenters. The number of halogens is 1. The Kier molecular flexibility index (Phi) is 5.13. The Morgan fingerprint density at radius 3 is 2.62 bits per heavy atom. The topological polar surface area (TPSA) is 57.8 Å². The fourth-order valence-corrected chi connectivity index (χ4v) is 5.08. The highest BCUT2D eigenvalue weighted by molar-refractivity contribution is 6.06. The summed E-state index contributed by atoms with van der Waals surface area (Å²) >= 11 is 0. The molecular formula is C28H24FN3O2. The van der Waals surface area contributed by atoms with E-state index >= 15 is 0 Å². The molecule has 0 spiro atoms. The second kappa shape index (κ2) is 8.45. The Morgan fingerprint density at radius 1 is 0.971 bits per heavy atom. The number of nitrogens with one attached hydrogen (secondary N) is 1. The predicted molar refractivity (Wildman–Crippen MR) is 131 cm³/mol. The maximum absolute atomic E-state index is 13.7. The number of carbonyl (C=O) groups excluding carboxylic acids is 1. The smallest absolute Gasteiger partial charge is 0.261 e. The number of aryl methyl sites for hydroxylation is 2. The summed E-state index contributed by atoms with van der Waals surface area (Å²) in [5, 5.41) is 3.69. The molecule has 0 fully saturated rings. The average molecular weight is 454 g/mol. The van der Waals surface area contributed by atoms with E-state index in [1.165, 1.54) is 28.9 Å². The maximum Gasteiger partial charge on any atom is 0.261 e. The Morgan fingerprint density at radius 2 is 1.79 bits per heavy atom. The van der Waals surface area contributed by atoms with Gasteiger partial charge in [0.25, 0.3) is 5.91 Å². The van der Waals surface area contributed by atoms with Crippen LogP contribution < -0.4 is 15.8 Å². The minimum Gasteiger partial charge on any atom is -0.437 e. The summed E-state index contributed by atoms with van der Waals surface area (Å²) in [4.78, 5) is 20.5. The number of hydrogen-bond donors (Lipinski definition) is 1. The van der Waals surface area contributed by atoms with Crippen molar-refractivity contribution in [3.05, 3.63) is 94.8 Å². The Labute approximate surface area is 196 Å². The third-order valence-corrected chi connectivity index (χ3v) is 6.54. The standard InChI is InChI=1S/C28H24FN3O2/c29-20-8-4-11-22(17-20)30-27(33)24-16-19-15-18-7-5-13-32-14-6-12-23(25(18)32)26(19)34-28(24)31-21-9-2-1-3-10-21/h1-4,8-11,15-17H,5-7,12-14H2,(H,30,33). The van der Waals surface area contributed by atoms with Crippen LogP contribution in [0.1, 0.15) is 34.3 Å². The molecule has 6 rings (SSSR count). The van der Waals surface area contributed by atoms with Gasteiger partial charge in [-0.15, -0.1) is 0 Å². The van der Waals surface area contributed by atoms with Gasteiger partial charge in [0.1, 0.15) is 17.0 Å². The van der Waals surface area contributed by atoms with Gasteiger partial charge in [-0.3, -0.25) is 4.79 Å². The van der Waals surface area contributed by atoms with E-state index in [1.54, 1.807) is 12.1 Å². The van der Waals surface area contributed by atoms with Crippen molar-refractivity contribution in [1.82, 2.24) is 0 Å². The summed E-state index contributed by atoms with van der Waals surface area (Å²) in [6.45, 7) is 2.14. The third-order valence-electron chi connectivity index (χ3n) is 6.54. The summed E-state index contributed by atoms with van der Waals surface area (Å²) in [5.41, 5.74) is 6.25. The van der Waals surface area contributed by atoms with E-state index in [0.29, 0.717) is 16.9 Å². The highest BCUT2D eigenvalue weighted by Crippen LogP contribution is 2.39. The molecule has 3 aromatic carbocycles. The molecule has 1 aromatic heterocycles. The fourth-order valence-electron chi connectivity index (χ4n) is 5.08. The highest BCUT2D eigenvalue weighted by atomic mass is 19.1. The predicted octanol–water partition coefficient (Wildman–Crippen LogP) is 5.76. The van der Waals surface area contributed by atoms with E-state index in [2.05, 4.69) is 21.3 Å². The molecule has 0 aliphatic carbocycles. The number of anilines is 2. The van der Waals surface area contributed by atoms with E-state index in [1.807, 2.05) is 36.4 Å². The Hall–Kier alpha value is -3.93. The van der Waals surface area contributed by atoms with Crippen LogP contribution in [0.25, 0.3) is 11.0 Å². The highest BCUT2D eigenvalue weighted by Gasteiger charge is 2.27. The van der Waals surface area contributed by atoms with Crippen LogP contribution in [0, 0.1) is 5.82 Å². The van der Waals surface area contributed by atoms with Crippen LogP contribution in [0.3, 0.4) is 0 Å². The van der Waals surface area contributed by atoms with Gasteiger partial charge in [0.05, 0.1) is 5.69 Å². The minimum atomic E-state index is -0.412. The van der Waals surface area contributed by atoms with Crippen molar-refractivity contribution in [3.8, 4) is 0 Å². The maximum atomic E-state index is 13.7. The summed E-state index contributed by atoms with van der Waals surface area (Å²) in [6, 6.07) is 19.3. The van der Waals surface area contributed by atoms with Gasteiger partial charge in [0.15, 0.2) is 0 Å². The molecule has 2 aliphatic rings. The molecule has 0 saturated carbocycles. The lowest BCUT2D eigenvalue weighted by atomic mass is 9.90. The third kappa shape index (κ3) is 3.75. The molecule has 170 valence electrons. The Bertz CT molecular complexity index is 1470. The van der Waals surface area contributed by atoms with Gasteiger partial charge in [0.2, 0.25) is 5.55 Å². The van der Waals surface area contributed by atoms with Gasteiger partial charge < -0.3 is 14.6 Å². The number of nitrogens with zero attached hydrogens (tertiary/aromatic N) is 2. The summed E-state index contributed by atoms with van der Waals surface area (Å²) in [6.07, 6.45) is 4.17. The SMILES string of the molecule is O=C(Nc1cccc(F)c1)c1cc2cc3c4c(c2oc1=Nc1ccccc1)CCCN4CCC3. The van der Waals surface area contributed by atoms with Gasteiger partial charge in [0, 0.05) is 35.4 Å². The molecule has 4 aromatic rings. The number of rotatable bonds is 3. The van der Waals surface area contributed by atoms with E-state index < -0.39 is 5.82 Å². The van der Waals surface area contributed by atoms with Gasteiger partial charge >= 0.3 is 0 Å². The van der Waals surface area contributed by atoms with Crippen molar-refractivity contribution in [2.45, 2.75) is 25.7 Å². The molecule has 5 nitrogen and oxygen atoms in total. The van der Waals surface area contributed by atoms with Crippen molar-refractivity contribution in [2.24, 2.45) is 4.99 Å². The number of amides is 1. The number of benzene rings is 3. The van der Waals surface area contributed by atoms with Crippen molar-refractivity contribution < 1.29 is 13.6 Å². The first-order valence-corrected chi connectivity index (χ1v) is 11.7. The Balaban J connectivity index is 1.55. The van der Waals surface area contributed by atoms with Crippen LogP contribution in [0.2, 0.25) is 0 Å². The molecule has 2 aliphatic heterocycles. The minimum absolute atomic E-state index is 0.247. The van der Waals surface area contributed by atoms with Crippen LogP contribution in [0.5, 0.6) is 0 Å². The monoisotopic (exact) mass is 453 g/mol. The molecule has 1 N–H and O–H groups in total. The van der Waals surface area contributed by atoms with E-state index in [-0.39, 0.29) is 11.5 Å². The first-order valence-electron chi connectivity index (χ1n) is 11.7. The first-order chi connectivity index (χ1) is 16.7. The molecule has 1 amide bonds. The summed E-state index contributed by atoms with van der Waals surface area (Å²) in [7, 11) is 0. The normalized spacial score (nSPS) is 15.3. The van der Waals surface area contributed by atoms with E-state index in [9.17, 15) is 9.18 Å². The van der Waals surface area contributed by atoms with Crippen molar-refractivity contribution in [3.63, 3.8) is 0 Å². The molecule has 3 heterocycles. The molecule has 0 unspecified atom stereocenters. The van der Waals surface area contributed by atoms with Crippen molar-refractivity contribution in [2.75, 3.05) is 23.3 Å². The van der Waals surface area contributed by atoms with Crippen LogP contribution in [-0.2, 0) is 12.8 Å². The zero-order valence-electron chi connectivity index (χ0n) is 18.7. The average Bonchev–Trinajstić information content (AvgIpc) is 2.85. The lowest BCUT2D eigenvalue weighted by Crippen LogP contribution is -2.34. The zero-order chi connectivity index (χ0) is 23.1. The van der Waals surface area contributed by atoms with E-state index in [4.69, 9.17) is 4.42 Å². The van der Waals surface area contributed by atoms with Gasteiger partial charge in [-0.25, -0.2) is 9.38 Å². The quantitative estimate of drug-likeness (QED) is 0.429. The summed E-state index contributed by atoms with van der Waals surface area (Å²) in [5.74, 6) is -0.801. The lowest BCUT2D eigenvalue weighted by molar-refractivity contribution is 0.102. The molecular weight excluding hydrogens is 429 g/mol. The van der Waals surface area contributed by atoms with Crippen molar-refractivity contribution >= 4 is 33.9 Å². The van der Waals surface area contributed by atoms with Crippen LogP contribution in [0.15, 0.2) is 76.1 Å². The number of carbonyl (C=O) groups is 1. The number of para-hydroxylation sites is 1. The van der Waals surface area contributed by atoms with E-state index in [0.717, 1.165) is 49.7 Å². The van der Waals surface area contributed by atoms with Gasteiger partial charge in [-0.2, -0.15) is 0 Å². The van der Waals surface area contributed by atoms with Gasteiger partial charge in [-0.1, -0.05) is 24.3 Å². The molecule has 0 saturated heterocycles. The van der Waals surface area contributed by atoms with Gasteiger partial charge in [-0.05, 0) is 73.7 Å². The fraction of sp³-hybridized carbons (Fsp3) is 0.214. The molecule has 6 heteroatoms. The van der Waals surface area contributed by atoms with Crippen LogP contribution in [-0.4, -0.2) is 19.0 Å². The second-order valence-corrected chi connectivity index (χ2v) is 8.85. The largest absolute Gasteiger partial charge is 0.437 e. The van der Waals surface area contributed by atoms with Crippen LogP contribution >= 0.6 is 0 Å². The zero-order valence-corrected chi connectivity index (χ0v) is 18.7. The lowest BCUT2D eigenvalue weighted by Gasteiger charge is -2.37. The van der Waals surface area contributed by atoms with Crippen molar-refractivity contribution in [1.29, 1.82) is 0 Å². The second-order valence-electron chi connectivity index (χ2n) is 8.85. The molecule has 0 radical (unpaired) electrons. The molecule has 0 bridgehead atoms. The summed E-state index contributed by atoms with van der Waals surface area (Å²) < 4.78 is 20.1. The van der Waals surface area contributed by atoms with Crippen LogP contribution in [0.4, 0.5) is 21.5 Å². The molecule has 34 heavy (non-hydrogen) atoms. The number of fused-ring (bicyclic) bond motifs is 2. The first kappa shape index (κ1) is 20.7.